The van der Waals surface area contributed by atoms with Crippen molar-refractivity contribution in [3.63, 3.8) is 0 Å². The van der Waals surface area contributed by atoms with Crippen LogP contribution in [0.1, 0.15) is 5.56 Å². The molecule has 0 radical (unpaired) electrons. The molecule has 5 nitrogen and oxygen atoms in total. The van der Waals surface area contributed by atoms with Gasteiger partial charge in [0.15, 0.2) is 5.15 Å². The van der Waals surface area contributed by atoms with Gasteiger partial charge in [0, 0.05) is 18.1 Å². The van der Waals surface area contributed by atoms with E-state index < -0.39 is 5.91 Å². The minimum absolute atomic E-state index is 0.0681. The zero-order chi connectivity index (χ0) is 15.9. The average Bonchev–Trinajstić information content (AvgIpc) is 2.49. The van der Waals surface area contributed by atoms with Crippen LogP contribution < -0.4 is 10.6 Å². The van der Waals surface area contributed by atoms with Crippen molar-refractivity contribution in [3.8, 4) is 6.07 Å². The van der Waals surface area contributed by atoms with Crippen LogP contribution in [-0.2, 0) is 4.79 Å². The maximum atomic E-state index is 12.1. The molecule has 2 N–H and O–H groups in total. The molecule has 0 unspecified atom stereocenters. The van der Waals surface area contributed by atoms with Crippen LogP contribution in [0.25, 0.3) is 0 Å². The van der Waals surface area contributed by atoms with Crippen LogP contribution in [0.2, 0.25) is 5.15 Å². The number of carbonyl (C=O) groups is 1. The lowest BCUT2D eigenvalue weighted by molar-refractivity contribution is -0.112. The predicted octanol–water partition coefficient (Wildman–Crippen LogP) is 3.50. The summed E-state index contributed by atoms with van der Waals surface area (Å²) < 4.78 is 0. The summed E-state index contributed by atoms with van der Waals surface area (Å²) in [5.41, 5.74) is 2.09. The first-order chi connectivity index (χ1) is 10.6. The van der Waals surface area contributed by atoms with Crippen molar-refractivity contribution in [1.29, 1.82) is 5.26 Å². The summed E-state index contributed by atoms with van der Waals surface area (Å²) in [7, 11) is 0. The number of hydrogen-bond acceptors (Lipinski definition) is 4. The first kappa shape index (κ1) is 15.5. The maximum absolute atomic E-state index is 12.1. The smallest absolute Gasteiger partial charge is 0.267 e. The number of nitrogens with one attached hydrogen (secondary N) is 2. The first-order valence-corrected chi connectivity index (χ1v) is 6.83. The van der Waals surface area contributed by atoms with E-state index in [1.807, 2.05) is 31.2 Å². The van der Waals surface area contributed by atoms with Crippen LogP contribution in [0.4, 0.5) is 11.4 Å². The minimum Gasteiger partial charge on any atom is -0.358 e. The number of nitriles is 1. The maximum Gasteiger partial charge on any atom is 0.267 e. The molecule has 2 rings (SSSR count). The molecule has 0 saturated heterocycles. The highest BCUT2D eigenvalue weighted by Crippen LogP contribution is 2.18. The monoisotopic (exact) mass is 312 g/mol. The van der Waals surface area contributed by atoms with Crippen molar-refractivity contribution >= 4 is 28.9 Å². The van der Waals surface area contributed by atoms with Crippen molar-refractivity contribution < 1.29 is 4.79 Å². The van der Waals surface area contributed by atoms with E-state index in [0.29, 0.717) is 11.4 Å². The normalized spacial score (nSPS) is 10.7. The summed E-state index contributed by atoms with van der Waals surface area (Å²) in [5.74, 6) is -0.499. The summed E-state index contributed by atoms with van der Waals surface area (Å²) in [6.07, 6.45) is 2.85. The Morgan fingerprint density at radius 1 is 1.36 bits per heavy atom. The van der Waals surface area contributed by atoms with Gasteiger partial charge in [-0.2, -0.15) is 5.26 Å². The quantitative estimate of drug-likeness (QED) is 0.514. The molecule has 1 aromatic heterocycles. The van der Waals surface area contributed by atoms with Gasteiger partial charge in [-0.3, -0.25) is 4.79 Å². The Kier molecular flexibility index (Phi) is 5.12. The Hall–Kier alpha value is -2.84. The van der Waals surface area contributed by atoms with Crippen LogP contribution in [-0.4, -0.2) is 10.9 Å². The van der Waals surface area contributed by atoms with Crippen LogP contribution in [0.3, 0.4) is 0 Å². The van der Waals surface area contributed by atoms with E-state index in [0.717, 1.165) is 5.56 Å². The summed E-state index contributed by atoms with van der Waals surface area (Å²) in [4.78, 5) is 16.0. The molecule has 1 amide bonds. The third kappa shape index (κ3) is 4.08. The number of pyridine rings is 1. The Morgan fingerprint density at radius 3 is 2.86 bits per heavy atom. The van der Waals surface area contributed by atoms with Gasteiger partial charge in [0.05, 0.1) is 5.69 Å². The van der Waals surface area contributed by atoms with Gasteiger partial charge in [-0.05, 0) is 36.8 Å². The second-order valence-corrected chi connectivity index (χ2v) is 4.84. The topological polar surface area (TPSA) is 77.8 Å². The molecule has 6 heteroatoms. The molecule has 0 aliphatic heterocycles. The summed E-state index contributed by atoms with van der Waals surface area (Å²) in [5, 5.41) is 14.8. The Balaban J connectivity index is 2.11. The number of aryl methyl sites for hydroxylation is 1. The molecule has 1 aromatic carbocycles. The van der Waals surface area contributed by atoms with Gasteiger partial charge in [0.1, 0.15) is 11.6 Å². The SMILES string of the molecule is Cc1cccc(NC(=O)/C(C#N)=C\Nc2cccnc2Cl)c1. The van der Waals surface area contributed by atoms with Gasteiger partial charge < -0.3 is 10.6 Å². The van der Waals surface area contributed by atoms with E-state index in [2.05, 4.69) is 15.6 Å². The van der Waals surface area contributed by atoms with E-state index >= 15 is 0 Å². The lowest BCUT2D eigenvalue weighted by Crippen LogP contribution is -2.14. The fourth-order valence-corrected chi connectivity index (χ4v) is 1.89. The van der Waals surface area contributed by atoms with E-state index in [-0.39, 0.29) is 10.7 Å². The summed E-state index contributed by atoms with van der Waals surface area (Å²) in [6.45, 7) is 1.92. The highest BCUT2D eigenvalue weighted by molar-refractivity contribution is 6.32. The largest absolute Gasteiger partial charge is 0.358 e. The molecule has 0 spiro atoms. The van der Waals surface area contributed by atoms with Crippen LogP contribution in [0, 0.1) is 18.3 Å². The molecule has 0 fully saturated rings. The number of rotatable bonds is 4. The molecule has 2 aromatic rings. The van der Waals surface area contributed by atoms with Gasteiger partial charge in [0.25, 0.3) is 5.91 Å². The van der Waals surface area contributed by atoms with Gasteiger partial charge in [-0.25, -0.2) is 4.98 Å². The van der Waals surface area contributed by atoms with Crippen LogP contribution >= 0.6 is 11.6 Å². The molecular formula is C16H13ClN4O. The average molecular weight is 313 g/mol. The lowest BCUT2D eigenvalue weighted by atomic mass is 10.2. The van der Waals surface area contributed by atoms with Gasteiger partial charge in [0.2, 0.25) is 0 Å². The molecule has 0 aliphatic carbocycles. The Bertz CT molecular complexity index is 765. The predicted molar refractivity (Wildman–Crippen MR) is 86.4 cm³/mol. The molecule has 0 aliphatic rings. The number of anilines is 2. The molecule has 110 valence electrons. The highest BCUT2D eigenvalue weighted by atomic mass is 35.5. The molecule has 22 heavy (non-hydrogen) atoms. The number of halogens is 1. The van der Waals surface area contributed by atoms with Crippen molar-refractivity contribution in [2.75, 3.05) is 10.6 Å². The standard InChI is InChI=1S/C16H13ClN4O/c1-11-4-2-5-13(8-11)21-16(22)12(9-18)10-20-14-6-3-7-19-15(14)17/h2-8,10,20H,1H3,(H,21,22)/b12-10-. The van der Waals surface area contributed by atoms with Crippen molar-refractivity contribution in [1.82, 2.24) is 4.98 Å². The number of nitrogens with zero attached hydrogens (tertiary/aromatic N) is 2. The van der Waals surface area contributed by atoms with E-state index in [9.17, 15) is 4.79 Å². The molecule has 0 saturated carbocycles. The van der Waals surface area contributed by atoms with Gasteiger partial charge in [-0.1, -0.05) is 23.7 Å². The zero-order valence-corrected chi connectivity index (χ0v) is 12.6. The Morgan fingerprint density at radius 2 is 2.18 bits per heavy atom. The molecule has 0 atom stereocenters. The third-order valence-corrected chi connectivity index (χ3v) is 3.07. The second kappa shape index (κ2) is 7.25. The first-order valence-electron chi connectivity index (χ1n) is 6.45. The van der Waals surface area contributed by atoms with Gasteiger partial charge in [-0.15, -0.1) is 0 Å². The Labute approximate surface area is 133 Å². The second-order valence-electron chi connectivity index (χ2n) is 4.48. The zero-order valence-electron chi connectivity index (χ0n) is 11.8. The van der Waals surface area contributed by atoms with E-state index in [1.165, 1.54) is 6.20 Å². The lowest BCUT2D eigenvalue weighted by Gasteiger charge is -2.06. The number of amides is 1. The van der Waals surface area contributed by atoms with Crippen LogP contribution in [0.5, 0.6) is 0 Å². The molecule has 1 heterocycles. The number of hydrogen-bond donors (Lipinski definition) is 2. The third-order valence-electron chi connectivity index (χ3n) is 2.77. The molecular weight excluding hydrogens is 300 g/mol. The summed E-state index contributed by atoms with van der Waals surface area (Å²) >= 11 is 5.89. The molecule has 0 bridgehead atoms. The van der Waals surface area contributed by atoms with E-state index in [1.54, 1.807) is 24.4 Å². The number of carbonyl (C=O) groups excluding carboxylic acids is 1. The van der Waals surface area contributed by atoms with Crippen LogP contribution in [0.15, 0.2) is 54.4 Å². The van der Waals surface area contributed by atoms with Crippen molar-refractivity contribution in [2.45, 2.75) is 6.92 Å². The van der Waals surface area contributed by atoms with Crippen molar-refractivity contribution in [2.24, 2.45) is 0 Å². The summed E-state index contributed by atoms with van der Waals surface area (Å²) in [6, 6.07) is 12.6. The number of aromatic nitrogens is 1. The highest BCUT2D eigenvalue weighted by Gasteiger charge is 2.09. The fourth-order valence-electron chi connectivity index (χ4n) is 1.71. The van der Waals surface area contributed by atoms with E-state index in [4.69, 9.17) is 16.9 Å². The fraction of sp³-hybridized carbons (Fsp3) is 0.0625. The van der Waals surface area contributed by atoms with Crippen molar-refractivity contribution in [3.05, 3.63) is 65.1 Å². The minimum atomic E-state index is -0.499. The number of benzene rings is 1. The van der Waals surface area contributed by atoms with Gasteiger partial charge >= 0.3 is 0 Å².